The first kappa shape index (κ1) is 13.8. The number of hydrogen-bond acceptors (Lipinski definition) is 4. The van der Waals surface area contributed by atoms with Gasteiger partial charge in [0.15, 0.2) is 0 Å². The van der Waals surface area contributed by atoms with E-state index in [2.05, 4.69) is 18.7 Å². The van der Waals surface area contributed by atoms with Crippen LogP contribution in [0.25, 0.3) is 0 Å². The van der Waals surface area contributed by atoms with Gasteiger partial charge in [-0.15, -0.1) is 0 Å². The van der Waals surface area contributed by atoms with E-state index in [0.29, 0.717) is 19.0 Å². The molecule has 0 aromatic rings. The van der Waals surface area contributed by atoms with Crippen molar-refractivity contribution in [1.29, 1.82) is 0 Å². The van der Waals surface area contributed by atoms with Gasteiger partial charge in [0.05, 0.1) is 5.60 Å². The maximum atomic E-state index is 11.2. The summed E-state index contributed by atoms with van der Waals surface area (Å²) in [4.78, 5) is 13.4. The molecule has 3 unspecified atom stereocenters. The third-order valence-electron chi connectivity index (χ3n) is 4.59. The number of nitrogens with two attached hydrogens (primary N) is 1. The number of nitrogens with zero attached hydrogens (tertiary/aromatic N) is 1. The van der Waals surface area contributed by atoms with Gasteiger partial charge in [-0.3, -0.25) is 9.69 Å². The number of ether oxygens (including phenoxy) is 1. The summed E-state index contributed by atoms with van der Waals surface area (Å²) in [7, 11) is 0. The molecule has 0 aromatic heterocycles. The van der Waals surface area contributed by atoms with E-state index in [4.69, 9.17) is 15.6 Å². The second-order valence-corrected chi connectivity index (χ2v) is 5.98. The van der Waals surface area contributed by atoms with E-state index in [1.54, 1.807) is 0 Å². The minimum absolute atomic E-state index is 0.0635. The van der Waals surface area contributed by atoms with Gasteiger partial charge in [0.1, 0.15) is 5.54 Å². The van der Waals surface area contributed by atoms with Crippen LogP contribution < -0.4 is 5.73 Å². The van der Waals surface area contributed by atoms with Crippen molar-refractivity contribution in [2.75, 3.05) is 19.7 Å². The summed E-state index contributed by atoms with van der Waals surface area (Å²) in [6, 6.07) is 0.411. The van der Waals surface area contributed by atoms with Crippen LogP contribution in [-0.4, -0.2) is 52.9 Å². The second-order valence-electron chi connectivity index (χ2n) is 5.98. The van der Waals surface area contributed by atoms with Gasteiger partial charge >= 0.3 is 5.97 Å². The summed E-state index contributed by atoms with van der Waals surface area (Å²) in [6.07, 6.45) is 3.48. The third kappa shape index (κ3) is 2.53. The topological polar surface area (TPSA) is 75.8 Å². The van der Waals surface area contributed by atoms with E-state index in [-0.39, 0.29) is 5.60 Å². The Kier molecular flexibility index (Phi) is 3.67. The van der Waals surface area contributed by atoms with Crippen molar-refractivity contribution in [3.8, 4) is 0 Å². The minimum atomic E-state index is -1.05. The Morgan fingerprint density at radius 2 is 2.33 bits per heavy atom. The van der Waals surface area contributed by atoms with Crippen molar-refractivity contribution in [1.82, 2.24) is 4.90 Å². The molecule has 0 bridgehead atoms. The number of carboxylic acids is 1. The van der Waals surface area contributed by atoms with Crippen LogP contribution >= 0.6 is 0 Å². The van der Waals surface area contributed by atoms with Gasteiger partial charge in [0, 0.05) is 25.7 Å². The van der Waals surface area contributed by atoms with Crippen LogP contribution in [0.15, 0.2) is 0 Å². The lowest BCUT2D eigenvalue weighted by Gasteiger charge is -2.41. The molecule has 0 saturated carbocycles. The number of hydrogen-bond donors (Lipinski definition) is 2. The predicted molar refractivity (Wildman–Crippen MR) is 68.4 cm³/mol. The molecule has 2 aliphatic rings. The average Bonchev–Trinajstić information content (AvgIpc) is 2.74. The second kappa shape index (κ2) is 4.79. The first-order valence-corrected chi connectivity index (χ1v) is 6.79. The van der Waals surface area contributed by atoms with Crippen molar-refractivity contribution in [3.63, 3.8) is 0 Å². The summed E-state index contributed by atoms with van der Waals surface area (Å²) < 4.78 is 5.83. The molecule has 2 rings (SSSR count). The third-order valence-corrected chi connectivity index (χ3v) is 4.59. The zero-order chi connectivity index (χ0) is 13.4. The van der Waals surface area contributed by atoms with Crippen molar-refractivity contribution < 1.29 is 14.6 Å². The van der Waals surface area contributed by atoms with Crippen LogP contribution in [0.4, 0.5) is 0 Å². The minimum Gasteiger partial charge on any atom is -0.480 e. The van der Waals surface area contributed by atoms with E-state index < -0.39 is 11.5 Å². The number of rotatable bonds is 3. The van der Waals surface area contributed by atoms with Gasteiger partial charge in [-0.25, -0.2) is 0 Å². The number of aliphatic carboxylic acids is 1. The largest absolute Gasteiger partial charge is 0.480 e. The summed E-state index contributed by atoms with van der Waals surface area (Å²) >= 11 is 0. The van der Waals surface area contributed by atoms with Crippen LogP contribution in [0.5, 0.6) is 0 Å². The molecule has 18 heavy (non-hydrogen) atoms. The van der Waals surface area contributed by atoms with Crippen molar-refractivity contribution in [3.05, 3.63) is 0 Å². The Labute approximate surface area is 108 Å². The number of carbonyl (C=O) groups is 1. The highest BCUT2D eigenvalue weighted by molar-refractivity contribution is 5.79. The molecule has 104 valence electrons. The summed E-state index contributed by atoms with van der Waals surface area (Å²) in [5.74, 6) is -0.879. The molecule has 0 aromatic carbocycles. The standard InChI is InChI=1S/C13H24N2O3/c1-3-12(2)8-10(4-7-18-12)15-6-5-13(14,9-15)11(16)17/h10H,3-9,14H2,1-2H3,(H,16,17). The fourth-order valence-corrected chi connectivity index (χ4v) is 3.01. The van der Waals surface area contributed by atoms with Gasteiger partial charge in [-0.1, -0.05) is 6.92 Å². The van der Waals surface area contributed by atoms with Crippen LogP contribution in [0.1, 0.15) is 39.5 Å². The molecule has 3 atom stereocenters. The van der Waals surface area contributed by atoms with E-state index >= 15 is 0 Å². The van der Waals surface area contributed by atoms with Crippen molar-refractivity contribution >= 4 is 5.97 Å². The Bertz CT molecular complexity index is 336. The fourth-order valence-electron chi connectivity index (χ4n) is 3.01. The van der Waals surface area contributed by atoms with E-state index in [0.717, 1.165) is 32.4 Å². The van der Waals surface area contributed by atoms with Gasteiger partial charge in [0.2, 0.25) is 0 Å². The highest BCUT2D eigenvalue weighted by atomic mass is 16.5. The zero-order valence-electron chi connectivity index (χ0n) is 11.3. The normalized spacial score (nSPS) is 42.1. The lowest BCUT2D eigenvalue weighted by molar-refractivity contribution is -0.143. The monoisotopic (exact) mass is 256 g/mol. The highest BCUT2D eigenvalue weighted by Gasteiger charge is 2.45. The molecule has 0 radical (unpaired) electrons. The molecule has 2 saturated heterocycles. The molecule has 3 N–H and O–H groups in total. The fraction of sp³-hybridized carbons (Fsp3) is 0.923. The lowest BCUT2D eigenvalue weighted by atomic mass is 9.89. The van der Waals surface area contributed by atoms with Crippen LogP contribution in [0.3, 0.4) is 0 Å². The zero-order valence-corrected chi connectivity index (χ0v) is 11.3. The predicted octanol–water partition coefficient (Wildman–Crippen LogP) is 0.822. The number of carboxylic acid groups (broad SMARTS) is 1. The van der Waals surface area contributed by atoms with Crippen molar-refractivity contribution in [2.24, 2.45) is 5.73 Å². The average molecular weight is 256 g/mol. The molecule has 2 aliphatic heterocycles. The first-order valence-electron chi connectivity index (χ1n) is 6.79. The molecule has 5 nitrogen and oxygen atoms in total. The highest BCUT2D eigenvalue weighted by Crippen LogP contribution is 2.33. The van der Waals surface area contributed by atoms with E-state index in [1.165, 1.54) is 0 Å². The summed E-state index contributed by atoms with van der Waals surface area (Å²) in [6.45, 7) is 6.29. The van der Waals surface area contributed by atoms with Crippen molar-refractivity contribution in [2.45, 2.75) is 56.7 Å². The Hall–Kier alpha value is -0.650. The van der Waals surface area contributed by atoms with Gasteiger partial charge < -0.3 is 15.6 Å². The van der Waals surface area contributed by atoms with Crippen LogP contribution in [-0.2, 0) is 9.53 Å². The number of likely N-dealkylation sites (tertiary alicyclic amines) is 1. The Balaban J connectivity index is 1.99. The molecule has 0 aliphatic carbocycles. The smallest absolute Gasteiger partial charge is 0.325 e. The molecular formula is C13H24N2O3. The quantitative estimate of drug-likeness (QED) is 0.782. The maximum absolute atomic E-state index is 11.2. The molecular weight excluding hydrogens is 232 g/mol. The van der Waals surface area contributed by atoms with Gasteiger partial charge in [0.25, 0.3) is 0 Å². The van der Waals surface area contributed by atoms with E-state index in [9.17, 15) is 4.79 Å². The molecule has 0 spiro atoms. The molecule has 0 amide bonds. The summed E-state index contributed by atoms with van der Waals surface area (Å²) in [5.41, 5.74) is 4.81. The first-order chi connectivity index (χ1) is 8.38. The Morgan fingerprint density at radius 1 is 1.61 bits per heavy atom. The van der Waals surface area contributed by atoms with Crippen LogP contribution in [0.2, 0.25) is 0 Å². The SMILES string of the molecule is CCC1(C)CC(N2CCC(N)(C(=O)O)C2)CCO1. The van der Waals surface area contributed by atoms with Gasteiger partial charge in [-0.2, -0.15) is 0 Å². The Morgan fingerprint density at radius 3 is 2.89 bits per heavy atom. The lowest BCUT2D eigenvalue weighted by Crippen LogP contribution is -2.53. The van der Waals surface area contributed by atoms with Crippen LogP contribution in [0, 0.1) is 0 Å². The molecule has 2 fully saturated rings. The van der Waals surface area contributed by atoms with E-state index in [1.807, 2.05) is 0 Å². The maximum Gasteiger partial charge on any atom is 0.325 e. The summed E-state index contributed by atoms with van der Waals surface area (Å²) in [5, 5.41) is 9.16. The molecule has 5 heteroatoms. The van der Waals surface area contributed by atoms with Gasteiger partial charge in [-0.05, 0) is 32.6 Å². The molecule has 2 heterocycles.